The first-order chi connectivity index (χ1) is 23.5. The number of amides is 1. The monoisotopic (exact) mass is 656 g/mol. The van der Waals surface area contributed by atoms with E-state index in [1.165, 1.54) is 15.7 Å². The molecule has 0 spiro atoms. The molecule has 0 atom stereocenters. The Labute approximate surface area is 283 Å². The lowest BCUT2D eigenvalue weighted by molar-refractivity contribution is -0.126. The van der Waals surface area contributed by atoms with Crippen molar-refractivity contribution >= 4 is 28.9 Å². The van der Waals surface area contributed by atoms with E-state index in [2.05, 4.69) is 35.2 Å². The molecule has 8 nitrogen and oxygen atoms in total. The van der Waals surface area contributed by atoms with E-state index < -0.39 is 0 Å². The maximum absolute atomic E-state index is 14.1. The number of ether oxygens (including phenoxy) is 2. The molecule has 1 amide bonds. The highest BCUT2D eigenvalue weighted by atomic mass is 32.1. The van der Waals surface area contributed by atoms with Gasteiger partial charge in [-0.05, 0) is 41.0 Å². The molecule has 0 bridgehead atoms. The van der Waals surface area contributed by atoms with Gasteiger partial charge < -0.3 is 14.4 Å². The van der Waals surface area contributed by atoms with Gasteiger partial charge in [0.05, 0.1) is 31.3 Å². The van der Waals surface area contributed by atoms with Gasteiger partial charge in [-0.3, -0.25) is 19.1 Å². The van der Waals surface area contributed by atoms with Crippen LogP contribution in [0.3, 0.4) is 0 Å². The zero-order chi connectivity index (χ0) is 33.5. The molecule has 1 fully saturated rings. The highest BCUT2D eigenvalue weighted by Crippen LogP contribution is 2.30. The van der Waals surface area contributed by atoms with Gasteiger partial charge in [0.15, 0.2) is 5.57 Å². The van der Waals surface area contributed by atoms with Crippen molar-refractivity contribution in [2.45, 2.75) is 12.6 Å². The molecule has 1 aromatic heterocycles. The van der Waals surface area contributed by atoms with Gasteiger partial charge in [0.25, 0.3) is 11.5 Å². The number of aromatic nitrogens is 1. The third-order valence-corrected chi connectivity index (χ3v) is 9.68. The van der Waals surface area contributed by atoms with Crippen LogP contribution in [0, 0.1) is 11.3 Å². The lowest BCUT2D eigenvalue weighted by Gasteiger charge is -2.39. The number of nitriles is 1. The second kappa shape index (κ2) is 15.0. The van der Waals surface area contributed by atoms with E-state index >= 15 is 0 Å². The van der Waals surface area contributed by atoms with Crippen molar-refractivity contribution < 1.29 is 14.3 Å². The Morgan fingerprint density at radius 3 is 2.02 bits per heavy atom. The molecule has 0 N–H and O–H groups in total. The quantitative estimate of drug-likeness (QED) is 0.234. The van der Waals surface area contributed by atoms with E-state index in [-0.39, 0.29) is 29.6 Å². The third kappa shape index (κ3) is 6.95. The van der Waals surface area contributed by atoms with Crippen LogP contribution in [0.1, 0.15) is 28.3 Å². The van der Waals surface area contributed by atoms with Crippen molar-refractivity contribution in [1.82, 2.24) is 14.4 Å². The molecule has 1 aliphatic heterocycles. The summed E-state index contributed by atoms with van der Waals surface area (Å²) in [5, 5.41) is 10.4. The first-order valence-corrected chi connectivity index (χ1v) is 16.6. The molecule has 4 aromatic carbocycles. The summed E-state index contributed by atoms with van der Waals surface area (Å²) in [5.74, 6) is 0.813. The zero-order valence-corrected chi connectivity index (χ0v) is 27.7. The minimum absolute atomic E-state index is 0.0404. The van der Waals surface area contributed by atoms with Crippen LogP contribution in [0.5, 0.6) is 11.5 Å². The van der Waals surface area contributed by atoms with Gasteiger partial charge in [-0.1, -0.05) is 91.0 Å². The molecule has 1 aliphatic rings. The largest absolute Gasteiger partial charge is 0.497 e. The van der Waals surface area contributed by atoms with Crippen molar-refractivity contribution in [2.24, 2.45) is 0 Å². The normalized spacial score (nSPS) is 14.5. The van der Waals surface area contributed by atoms with Crippen molar-refractivity contribution in [3.05, 3.63) is 151 Å². The number of benzene rings is 4. The number of methoxy groups -OCH3 is 2. The number of thiazole rings is 1. The zero-order valence-electron chi connectivity index (χ0n) is 26.9. The van der Waals surface area contributed by atoms with E-state index in [1.54, 1.807) is 43.4 Å². The SMILES string of the molecule is COc1ccc(OC)c(/C=c2\s/c(=C(/C#N)C(=O)N3CCN(C(c4ccccc4)c4ccccc4)CC3)n(Cc3ccccc3)c2=O)c1. The molecule has 0 radical (unpaired) electrons. The highest BCUT2D eigenvalue weighted by Gasteiger charge is 2.30. The smallest absolute Gasteiger partial charge is 0.269 e. The summed E-state index contributed by atoms with van der Waals surface area (Å²) in [6.07, 6.45) is 1.73. The summed E-state index contributed by atoms with van der Waals surface area (Å²) in [6, 6.07) is 37.9. The molecule has 242 valence electrons. The number of carbonyl (C=O) groups excluding carboxylic acids is 1. The Kier molecular flexibility index (Phi) is 10.1. The first kappa shape index (κ1) is 32.5. The third-order valence-electron chi connectivity index (χ3n) is 8.55. The minimum atomic E-state index is -0.373. The van der Waals surface area contributed by atoms with Gasteiger partial charge in [-0.25, -0.2) is 0 Å². The lowest BCUT2D eigenvalue weighted by atomic mass is 9.96. The molecular weight excluding hydrogens is 621 g/mol. The topological polar surface area (TPSA) is 87.8 Å². The fourth-order valence-electron chi connectivity index (χ4n) is 6.12. The Balaban J connectivity index is 1.37. The van der Waals surface area contributed by atoms with E-state index in [0.29, 0.717) is 52.4 Å². The van der Waals surface area contributed by atoms with Gasteiger partial charge in [-0.15, -0.1) is 11.3 Å². The number of hydrogen-bond donors (Lipinski definition) is 0. The molecule has 9 heteroatoms. The van der Waals surface area contributed by atoms with Crippen molar-refractivity contribution in [1.29, 1.82) is 5.26 Å². The Bertz CT molecular complexity index is 2060. The van der Waals surface area contributed by atoms with E-state index in [4.69, 9.17) is 9.47 Å². The summed E-state index contributed by atoms with van der Waals surface area (Å²) in [4.78, 5) is 32.2. The Morgan fingerprint density at radius 1 is 0.854 bits per heavy atom. The summed E-state index contributed by atoms with van der Waals surface area (Å²) in [6.45, 7) is 2.39. The Hall–Kier alpha value is -5.43. The molecule has 2 heterocycles. The molecule has 1 saturated heterocycles. The lowest BCUT2D eigenvalue weighted by Crippen LogP contribution is -2.50. The molecule has 0 aliphatic carbocycles. The standard InChI is InChI=1S/C39H36N4O4S/c1-46-32-18-19-34(47-2)31(24-32)25-35-38(45)43(27-28-12-6-3-7-13-28)39(48-35)33(26-40)37(44)42-22-20-41(21-23-42)36(29-14-8-4-9-15-29)30-16-10-5-11-17-30/h3-19,24-25,36H,20-23,27H2,1-2H3/b35-25-,39-33-. The van der Waals surface area contributed by atoms with Crippen molar-refractivity contribution in [3.63, 3.8) is 0 Å². The molecule has 48 heavy (non-hydrogen) atoms. The van der Waals surface area contributed by atoms with Crippen molar-refractivity contribution in [3.8, 4) is 17.6 Å². The van der Waals surface area contributed by atoms with Gasteiger partial charge in [0.1, 0.15) is 22.2 Å². The number of rotatable bonds is 9. The van der Waals surface area contributed by atoms with Gasteiger partial charge in [0, 0.05) is 31.7 Å². The number of carbonyl (C=O) groups is 1. The predicted molar refractivity (Wildman–Crippen MR) is 188 cm³/mol. The van der Waals surface area contributed by atoms with Crippen molar-refractivity contribution in [2.75, 3.05) is 40.4 Å². The molecule has 6 rings (SSSR count). The van der Waals surface area contributed by atoms with Crippen LogP contribution < -0.4 is 24.2 Å². The van der Waals surface area contributed by atoms with Crippen LogP contribution in [0.2, 0.25) is 0 Å². The average molecular weight is 657 g/mol. The summed E-state index contributed by atoms with van der Waals surface area (Å²) in [7, 11) is 3.14. The summed E-state index contributed by atoms with van der Waals surface area (Å²) in [5.41, 5.74) is 3.58. The second-order valence-corrected chi connectivity index (χ2v) is 12.5. The predicted octanol–water partition coefficient (Wildman–Crippen LogP) is 4.41. The number of nitrogens with zero attached hydrogens (tertiary/aromatic N) is 4. The van der Waals surface area contributed by atoms with Gasteiger partial charge >= 0.3 is 0 Å². The van der Waals surface area contributed by atoms with E-state index in [0.717, 1.165) is 16.9 Å². The fourth-order valence-corrected chi connectivity index (χ4v) is 7.21. The maximum atomic E-state index is 14.1. The molecule has 0 saturated carbocycles. The summed E-state index contributed by atoms with van der Waals surface area (Å²) < 4.78 is 13.2. The number of hydrogen-bond acceptors (Lipinski definition) is 7. The van der Waals surface area contributed by atoms with E-state index in [1.807, 2.05) is 66.7 Å². The highest BCUT2D eigenvalue weighted by molar-refractivity contribution is 7.07. The van der Waals surface area contributed by atoms with Crippen LogP contribution in [-0.2, 0) is 11.3 Å². The first-order valence-electron chi connectivity index (χ1n) is 15.8. The fraction of sp³-hybridized carbons (Fsp3) is 0.205. The maximum Gasteiger partial charge on any atom is 0.269 e. The minimum Gasteiger partial charge on any atom is -0.497 e. The van der Waals surface area contributed by atoms with Crippen LogP contribution in [0.15, 0.2) is 114 Å². The van der Waals surface area contributed by atoms with Crippen LogP contribution in [0.25, 0.3) is 11.6 Å². The second-order valence-electron chi connectivity index (χ2n) is 11.4. The van der Waals surface area contributed by atoms with E-state index in [9.17, 15) is 14.9 Å². The molecule has 0 unspecified atom stereocenters. The summed E-state index contributed by atoms with van der Waals surface area (Å²) >= 11 is 1.14. The van der Waals surface area contributed by atoms with Crippen LogP contribution >= 0.6 is 11.3 Å². The van der Waals surface area contributed by atoms with Crippen LogP contribution in [-0.4, -0.2) is 60.7 Å². The molecule has 5 aromatic rings. The number of piperazine rings is 1. The average Bonchev–Trinajstić information content (AvgIpc) is 3.43. The van der Waals surface area contributed by atoms with Gasteiger partial charge in [0.2, 0.25) is 0 Å². The van der Waals surface area contributed by atoms with Crippen LogP contribution in [0.4, 0.5) is 0 Å². The Morgan fingerprint density at radius 2 is 1.46 bits per heavy atom. The molecular formula is C39H36N4O4S. The van der Waals surface area contributed by atoms with Gasteiger partial charge in [-0.2, -0.15) is 5.26 Å².